The quantitative estimate of drug-likeness (QED) is 0.367. The van der Waals surface area contributed by atoms with E-state index in [1.165, 1.54) is 38.5 Å². The fourth-order valence-corrected chi connectivity index (χ4v) is 2.06. The largest absolute Gasteiger partial charge is 0.466 e. The predicted molar refractivity (Wildman–Crippen MR) is 78.1 cm³/mol. The van der Waals surface area contributed by atoms with Crippen molar-refractivity contribution in [1.82, 2.24) is 0 Å². The SMILES string of the molecule is CCCCCCCCCCC(=O)CCC(=O)OCC. The van der Waals surface area contributed by atoms with E-state index in [-0.39, 0.29) is 18.2 Å². The molecule has 3 heteroatoms. The van der Waals surface area contributed by atoms with E-state index in [0.29, 0.717) is 19.4 Å². The van der Waals surface area contributed by atoms with Gasteiger partial charge in [0.05, 0.1) is 13.0 Å². The Kier molecular flexibility index (Phi) is 13.0. The minimum Gasteiger partial charge on any atom is -0.466 e. The maximum Gasteiger partial charge on any atom is 0.306 e. The molecule has 0 heterocycles. The van der Waals surface area contributed by atoms with Crippen LogP contribution in [-0.4, -0.2) is 18.4 Å². The molecule has 0 saturated carbocycles. The van der Waals surface area contributed by atoms with E-state index in [1.54, 1.807) is 6.92 Å². The van der Waals surface area contributed by atoms with Crippen LogP contribution in [0.3, 0.4) is 0 Å². The number of ether oxygens (including phenoxy) is 1. The van der Waals surface area contributed by atoms with E-state index in [1.807, 2.05) is 0 Å². The Morgan fingerprint density at radius 2 is 1.32 bits per heavy atom. The van der Waals surface area contributed by atoms with Gasteiger partial charge in [-0.1, -0.05) is 51.9 Å². The van der Waals surface area contributed by atoms with Gasteiger partial charge in [-0.2, -0.15) is 0 Å². The third-order valence-corrected chi connectivity index (χ3v) is 3.22. The molecule has 0 unspecified atom stereocenters. The first-order valence-electron chi connectivity index (χ1n) is 7.88. The molecule has 0 bridgehead atoms. The Morgan fingerprint density at radius 1 is 0.737 bits per heavy atom. The Bertz CT molecular complexity index is 236. The molecule has 0 spiro atoms. The van der Waals surface area contributed by atoms with Crippen LogP contribution in [0.1, 0.15) is 84.5 Å². The molecule has 0 amide bonds. The molecule has 0 aliphatic heterocycles. The average Bonchev–Trinajstić information content (AvgIpc) is 2.40. The zero-order valence-electron chi connectivity index (χ0n) is 12.7. The van der Waals surface area contributed by atoms with Gasteiger partial charge in [0.25, 0.3) is 0 Å². The highest BCUT2D eigenvalue weighted by Gasteiger charge is 2.07. The van der Waals surface area contributed by atoms with Crippen LogP contribution in [0.2, 0.25) is 0 Å². The van der Waals surface area contributed by atoms with Crippen LogP contribution in [0, 0.1) is 0 Å². The van der Waals surface area contributed by atoms with Crippen molar-refractivity contribution in [2.45, 2.75) is 84.5 Å². The van der Waals surface area contributed by atoms with Crippen LogP contribution in [0.25, 0.3) is 0 Å². The molecule has 0 saturated heterocycles. The second kappa shape index (κ2) is 13.6. The highest BCUT2D eigenvalue weighted by molar-refractivity contribution is 5.82. The van der Waals surface area contributed by atoms with Gasteiger partial charge in [0.15, 0.2) is 0 Å². The van der Waals surface area contributed by atoms with E-state index >= 15 is 0 Å². The lowest BCUT2D eigenvalue weighted by molar-refractivity contribution is -0.144. The Balaban J connectivity index is 3.27. The van der Waals surface area contributed by atoms with Gasteiger partial charge in [0.2, 0.25) is 0 Å². The fourth-order valence-electron chi connectivity index (χ4n) is 2.06. The van der Waals surface area contributed by atoms with Crippen molar-refractivity contribution >= 4 is 11.8 Å². The number of ketones is 1. The van der Waals surface area contributed by atoms with Crippen LogP contribution in [0.15, 0.2) is 0 Å². The van der Waals surface area contributed by atoms with E-state index in [9.17, 15) is 9.59 Å². The molecule has 0 fully saturated rings. The lowest BCUT2D eigenvalue weighted by atomic mass is 10.0. The maximum absolute atomic E-state index is 11.5. The molecule has 3 nitrogen and oxygen atoms in total. The highest BCUT2D eigenvalue weighted by atomic mass is 16.5. The summed E-state index contributed by atoms with van der Waals surface area (Å²) < 4.78 is 4.79. The van der Waals surface area contributed by atoms with Crippen molar-refractivity contribution in [3.8, 4) is 0 Å². The van der Waals surface area contributed by atoms with Gasteiger partial charge in [0.1, 0.15) is 5.78 Å². The van der Waals surface area contributed by atoms with Crippen LogP contribution < -0.4 is 0 Å². The molecular formula is C16H30O3. The van der Waals surface area contributed by atoms with Gasteiger partial charge < -0.3 is 4.74 Å². The number of carbonyl (C=O) groups is 2. The first-order chi connectivity index (χ1) is 9.20. The molecular weight excluding hydrogens is 240 g/mol. The Labute approximate surface area is 118 Å². The number of carbonyl (C=O) groups excluding carboxylic acids is 2. The molecule has 0 aliphatic carbocycles. The number of esters is 1. The summed E-state index contributed by atoms with van der Waals surface area (Å²) in [6, 6.07) is 0. The zero-order chi connectivity index (χ0) is 14.3. The number of rotatable bonds is 13. The highest BCUT2D eigenvalue weighted by Crippen LogP contribution is 2.10. The third kappa shape index (κ3) is 13.4. The van der Waals surface area contributed by atoms with E-state index in [0.717, 1.165) is 12.8 Å². The van der Waals surface area contributed by atoms with Crippen LogP contribution in [-0.2, 0) is 14.3 Å². The standard InChI is InChI=1S/C16H30O3/c1-3-5-6-7-8-9-10-11-12-15(17)13-14-16(18)19-4-2/h3-14H2,1-2H3. The topological polar surface area (TPSA) is 43.4 Å². The Hall–Kier alpha value is -0.860. The Morgan fingerprint density at radius 3 is 1.89 bits per heavy atom. The van der Waals surface area contributed by atoms with Gasteiger partial charge in [0, 0.05) is 12.8 Å². The number of hydrogen-bond donors (Lipinski definition) is 0. The molecule has 0 aliphatic rings. The number of unbranched alkanes of at least 4 members (excludes halogenated alkanes) is 7. The molecule has 0 aromatic heterocycles. The maximum atomic E-state index is 11.5. The van der Waals surface area contributed by atoms with E-state index in [4.69, 9.17) is 4.74 Å². The molecule has 19 heavy (non-hydrogen) atoms. The normalized spacial score (nSPS) is 10.4. The van der Waals surface area contributed by atoms with Crippen molar-refractivity contribution < 1.29 is 14.3 Å². The van der Waals surface area contributed by atoms with Gasteiger partial charge in [-0.3, -0.25) is 9.59 Å². The smallest absolute Gasteiger partial charge is 0.306 e. The lowest BCUT2D eigenvalue weighted by Crippen LogP contribution is -2.07. The first kappa shape index (κ1) is 18.1. The minimum absolute atomic E-state index is 0.194. The van der Waals surface area contributed by atoms with Crippen LogP contribution in [0.5, 0.6) is 0 Å². The number of Topliss-reactive ketones (excluding diaryl/α,β-unsaturated/α-hetero) is 1. The summed E-state index contributed by atoms with van der Waals surface area (Å²) in [5.41, 5.74) is 0. The van der Waals surface area contributed by atoms with E-state index < -0.39 is 0 Å². The van der Waals surface area contributed by atoms with Crippen molar-refractivity contribution in [3.05, 3.63) is 0 Å². The molecule has 0 rings (SSSR count). The summed E-state index contributed by atoms with van der Waals surface area (Å²) in [5.74, 6) is -0.0641. The molecule has 0 radical (unpaired) electrons. The second-order valence-electron chi connectivity index (χ2n) is 5.07. The number of hydrogen-bond acceptors (Lipinski definition) is 3. The molecule has 0 N–H and O–H groups in total. The molecule has 0 atom stereocenters. The summed E-state index contributed by atoms with van der Waals surface area (Å²) in [5, 5.41) is 0. The van der Waals surface area contributed by atoms with Crippen molar-refractivity contribution in [2.75, 3.05) is 6.61 Å². The summed E-state index contributed by atoms with van der Waals surface area (Å²) in [7, 11) is 0. The molecule has 112 valence electrons. The van der Waals surface area contributed by atoms with Gasteiger partial charge in [-0.05, 0) is 13.3 Å². The first-order valence-corrected chi connectivity index (χ1v) is 7.88. The van der Waals surface area contributed by atoms with E-state index in [2.05, 4.69) is 6.92 Å². The zero-order valence-corrected chi connectivity index (χ0v) is 12.7. The molecule has 0 aromatic rings. The average molecular weight is 270 g/mol. The van der Waals surface area contributed by atoms with Crippen LogP contribution in [0.4, 0.5) is 0 Å². The van der Waals surface area contributed by atoms with Gasteiger partial charge in [-0.15, -0.1) is 0 Å². The third-order valence-electron chi connectivity index (χ3n) is 3.22. The van der Waals surface area contributed by atoms with Crippen molar-refractivity contribution in [1.29, 1.82) is 0 Å². The summed E-state index contributed by atoms with van der Waals surface area (Å²) >= 11 is 0. The van der Waals surface area contributed by atoms with Crippen LogP contribution >= 0.6 is 0 Å². The predicted octanol–water partition coefficient (Wildman–Crippen LogP) is 4.43. The lowest BCUT2D eigenvalue weighted by Gasteiger charge is -2.02. The van der Waals surface area contributed by atoms with Crippen molar-refractivity contribution in [2.24, 2.45) is 0 Å². The monoisotopic (exact) mass is 270 g/mol. The summed E-state index contributed by atoms with van der Waals surface area (Å²) in [6.45, 7) is 4.40. The minimum atomic E-state index is -0.258. The van der Waals surface area contributed by atoms with Crippen molar-refractivity contribution in [3.63, 3.8) is 0 Å². The summed E-state index contributed by atoms with van der Waals surface area (Å²) in [4.78, 5) is 22.6. The van der Waals surface area contributed by atoms with Gasteiger partial charge in [-0.25, -0.2) is 0 Å². The molecule has 0 aromatic carbocycles. The summed E-state index contributed by atoms with van der Waals surface area (Å²) in [6.07, 6.45) is 11.1. The fraction of sp³-hybridized carbons (Fsp3) is 0.875. The second-order valence-corrected chi connectivity index (χ2v) is 5.07. The van der Waals surface area contributed by atoms with Gasteiger partial charge >= 0.3 is 5.97 Å².